The Balaban J connectivity index is 3.31. The molecule has 1 aromatic rings. The fraction of sp³-hybridized carbons (Fsp3) is 0.333. The molecule has 0 bridgehead atoms. The third-order valence-corrected chi connectivity index (χ3v) is 2.34. The molecule has 0 radical (unpaired) electrons. The van der Waals surface area contributed by atoms with E-state index < -0.39 is 17.2 Å². The Hall–Kier alpha value is -1.89. The average molecular weight is 221 g/mol. The normalized spacial score (nSPS) is 10.7. The van der Waals surface area contributed by atoms with Crippen molar-refractivity contribution < 1.29 is 13.9 Å². The maximum Gasteiger partial charge on any atom is 0.337 e. The molecule has 0 unspecified atom stereocenters. The number of ether oxygens (including phenoxy) is 1. The summed E-state index contributed by atoms with van der Waals surface area (Å²) in [5.74, 6) is -1.05. The second kappa shape index (κ2) is 4.31. The Morgan fingerprint density at radius 3 is 2.62 bits per heavy atom. The number of carbonyl (C=O) groups is 1. The largest absolute Gasteiger partial charge is 0.465 e. The fourth-order valence-corrected chi connectivity index (χ4v) is 1.31. The summed E-state index contributed by atoms with van der Waals surface area (Å²) < 4.78 is 18.0. The molecule has 0 aliphatic rings. The van der Waals surface area contributed by atoms with Gasteiger partial charge < -0.3 is 4.74 Å². The summed E-state index contributed by atoms with van der Waals surface area (Å²) >= 11 is 0. The van der Waals surface area contributed by atoms with Crippen molar-refractivity contribution in [2.24, 2.45) is 0 Å². The Kier molecular flexibility index (Phi) is 3.28. The van der Waals surface area contributed by atoms with E-state index in [2.05, 4.69) is 4.74 Å². The molecule has 0 atom stereocenters. The van der Waals surface area contributed by atoms with Crippen LogP contribution in [0, 0.1) is 17.1 Å². The highest BCUT2D eigenvalue weighted by molar-refractivity contribution is 5.89. The van der Waals surface area contributed by atoms with E-state index in [9.17, 15) is 9.18 Å². The third-order valence-electron chi connectivity index (χ3n) is 2.34. The number of methoxy groups -OCH3 is 1. The van der Waals surface area contributed by atoms with Crippen LogP contribution in [-0.2, 0) is 10.2 Å². The topological polar surface area (TPSA) is 50.1 Å². The average Bonchev–Trinajstić information content (AvgIpc) is 2.28. The highest BCUT2D eigenvalue weighted by atomic mass is 19.1. The molecule has 1 rings (SSSR count). The number of carbonyl (C=O) groups excluding carboxylic acids is 1. The van der Waals surface area contributed by atoms with Crippen LogP contribution in [0.15, 0.2) is 18.2 Å². The lowest BCUT2D eigenvalue weighted by molar-refractivity contribution is 0.0600. The van der Waals surface area contributed by atoms with Crippen LogP contribution in [0.1, 0.15) is 29.8 Å². The number of benzene rings is 1. The van der Waals surface area contributed by atoms with E-state index in [4.69, 9.17) is 5.26 Å². The summed E-state index contributed by atoms with van der Waals surface area (Å²) in [6.07, 6.45) is 0. The number of nitrogens with zero attached hydrogens (tertiary/aromatic N) is 1. The zero-order valence-corrected chi connectivity index (χ0v) is 9.37. The minimum absolute atomic E-state index is 0.193. The first-order valence-electron chi connectivity index (χ1n) is 4.72. The Labute approximate surface area is 93.5 Å². The number of hydrogen-bond acceptors (Lipinski definition) is 3. The van der Waals surface area contributed by atoms with E-state index in [0.29, 0.717) is 0 Å². The number of halogens is 1. The van der Waals surface area contributed by atoms with E-state index in [-0.39, 0.29) is 11.1 Å². The van der Waals surface area contributed by atoms with Crippen molar-refractivity contribution in [1.29, 1.82) is 5.26 Å². The minimum Gasteiger partial charge on any atom is -0.465 e. The molecule has 0 heterocycles. The van der Waals surface area contributed by atoms with Gasteiger partial charge in [0.2, 0.25) is 0 Å². The van der Waals surface area contributed by atoms with Gasteiger partial charge in [0.25, 0.3) is 0 Å². The molecule has 1 aromatic carbocycles. The number of rotatable bonds is 2. The van der Waals surface area contributed by atoms with E-state index in [1.807, 2.05) is 6.07 Å². The van der Waals surface area contributed by atoms with Crippen molar-refractivity contribution in [2.45, 2.75) is 19.3 Å². The molecule has 3 nitrogen and oxygen atoms in total. The van der Waals surface area contributed by atoms with Gasteiger partial charge in [-0.15, -0.1) is 0 Å². The molecule has 0 fully saturated rings. The van der Waals surface area contributed by atoms with Gasteiger partial charge in [0.05, 0.1) is 24.2 Å². The second-order valence-electron chi connectivity index (χ2n) is 3.92. The van der Waals surface area contributed by atoms with Crippen LogP contribution >= 0.6 is 0 Å². The molecule has 84 valence electrons. The SMILES string of the molecule is COC(=O)c1ccc(F)c(C(C)(C)C#N)c1. The van der Waals surface area contributed by atoms with Crippen molar-refractivity contribution in [3.63, 3.8) is 0 Å². The monoisotopic (exact) mass is 221 g/mol. The molecule has 16 heavy (non-hydrogen) atoms. The van der Waals surface area contributed by atoms with E-state index in [1.54, 1.807) is 13.8 Å². The van der Waals surface area contributed by atoms with Crippen molar-refractivity contribution in [3.05, 3.63) is 35.1 Å². The number of esters is 1. The molecule has 0 N–H and O–H groups in total. The summed E-state index contributed by atoms with van der Waals surface area (Å²) in [7, 11) is 1.25. The van der Waals surface area contributed by atoms with Crippen LogP contribution in [0.5, 0.6) is 0 Å². The first-order valence-corrected chi connectivity index (χ1v) is 4.72. The quantitative estimate of drug-likeness (QED) is 0.720. The summed E-state index contributed by atoms with van der Waals surface area (Å²) in [6.45, 7) is 3.18. The van der Waals surface area contributed by atoms with Gasteiger partial charge in [-0.2, -0.15) is 5.26 Å². The predicted octanol–water partition coefficient (Wildman–Crippen LogP) is 2.41. The smallest absolute Gasteiger partial charge is 0.337 e. The first-order chi connectivity index (χ1) is 7.42. The molecule has 0 aromatic heterocycles. The van der Waals surface area contributed by atoms with Gasteiger partial charge in [0, 0.05) is 5.56 Å². The minimum atomic E-state index is -0.978. The van der Waals surface area contributed by atoms with Gasteiger partial charge in [-0.3, -0.25) is 0 Å². The van der Waals surface area contributed by atoms with Gasteiger partial charge in [0.15, 0.2) is 0 Å². The lowest BCUT2D eigenvalue weighted by Gasteiger charge is -2.17. The standard InChI is InChI=1S/C12H12FNO2/c1-12(2,7-14)9-6-8(11(15)16-3)4-5-10(9)13/h4-6H,1-3H3. The van der Waals surface area contributed by atoms with Crippen LogP contribution < -0.4 is 0 Å². The number of hydrogen-bond donors (Lipinski definition) is 0. The van der Waals surface area contributed by atoms with Crippen molar-refractivity contribution in [3.8, 4) is 6.07 Å². The molecule has 0 saturated heterocycles. The zero-order chi connectivity index (χ0) is 12.3. The lowest BCUT2D eigenvalue weighted by atomic mass is 9.85. The van der Waals surface area contributed by atoms with E-state index in [1.165, 1.54) is 25.3 Å². The molecule has 4 heteroatoms. The third kappa shape index (κ3) is 2.19. The molecule has 0 saturated carbocycles. The number of nitriles is 1. The Bertz CT molecular complexity index is 461. The van der Waals surface area contributed by atoms with E-state index in [0.717, 1.165) is 0 Å². The van der Waals surface area contributed by atoms with Gasteiger partial charge >= 0.3 is 5.97 Å². The molecule has 0 amide bonds. The summed E-state index contributed by atoms with van der Waals surface area (Å²) in [4.78, 5) is 11.3. The zero-order valence-electron chi connectivity index (χ0n) is 9.37. The van der Waals surface area contributed by atoms with Crippen molar-refractivity contribution in [1.82, 2.24) is 0 Å². The Morgan fingerprint density at radius 1 is 1.50 bits per heavy atom. The molecular weight excluding hydrogens is 209 g/mol. The summed E-state index contributed by atoms with van der Waals surface area (Å²) in [6, 6.07) is 5.84. The highest BCUT2D eigenvalue weighted by Crippen LogP contribution is 2.26. The van der Waals surface area contributed by atoms with Gasteiger partial charge in [0.1, 0.15) is 5.82 Å². The molecular formula is C12H12FNO2. The van der Waals surface area contributed by atoms with Crippen LogP contribution in [0.2, 0.25) is 0 Å². The van der Waals surface area contributed by atoms with Crippen LogP contribution in [-0.4, -0.2) is 13.1 Å². The molecule has 0 aliphatic carbocycles. The maximum atomic E-state index is 13.5. The van der Waals surface area contributed by atoms with Crippen LogP contribution in [0.4, 0.5) is 4.39 Å². The first kappa shape index (κ1) is 12.2. The van der Waals surface area contributed by atoms with Gasteiger partial charge in [-0.05, 0) is 32.0 Å². The van der Waals surface area contributed by atoms with Gasteiger partial charge in [-0.1, -0.05) is 0 Å². The van der Waals surface area contributed by atoms with E-state index >= 15 is 0 Å². The highest BCUT2D eigenvalue weighted by Gasteiger charge is 2.25. The fourth-order valence-electron chi connectivity index (χ4n) is 1.31. The maximum absolute atomic E-state index is 13.5. The summed E-state index contributed by atoms with van der Waals surface area (Å²) in [5.41, 5.74) is -0.547. The lowest BCUT2D eigenvalue weighted by Crippen LogP contribution is -2.17. The van der Waals surface area contributed by atoms with Crippen molar-refractivity contribution >= 4 is 5.97 Å². The van der Waals surface area contributed by atoms with Gasteiger partial charge in [-0.25, -0.2) is 9.18 Å². The molecule has 0 aliphatic heterocycles. The van der Waals surface area contributed by atoms with Crippen LogP contribution in [0.25, 0.3) is 0 Å². The molecule has 0 spiro atoms. The Morgan fingerprint density at radius 2 is 2.12 bits per heavy atom. The summed E-state index contributed by atoms with van der Waals surface area (Å²) in [5, 5.41) is 8.93. The second-order valence-corrected chi connectivity index (χ2v) is 3.92. The van der Waals surface area contributed by atoms with Crippen molar-refractivity contribution in [2.75, 3.05) is 7.11 Å². The predicted molar refractivity (Wildman–Crippen MR) is 56.4 cm³/mol. The van der Waals surface area contributed by atoms with Crippen LogP contribution in [0.3, 0.4) is 0 Å².